The van der Waals surface area contributed by atoms with Gasteiger partial charge in [-0.2, -0.15) is 0 Å². The lowest BCUT2D eigenvalue weighted by Gasteiger charge is -2.14. The Morgan fingerprint density at radius 3 is 2.30 bits per heavy atom. The quantitative estimate of drug-likeness (QED) is 0.534. The molecule has 0 fully saturated rings. The van der Waals surface area contributed by atoms with Crippen molar-refractivity contribution in [1.82, 2.24) is 0 Å². The van der Waals surface area contributed by atoms with Crippen LogP contribution < -0.4 is 19.5 Å². The van der Waals surface area contributed by atoms with Crippen molar-refractivity contribution in [2.45, 2.75) is 27.4 Å². The highest BCUT2D eigenvalue weighted by atomic mass is 16.5. The van der Waals surface area contributed by atoms with Crippen molar-refractivity contribution in [2.24, 2.45) is 0 Å². The standard InChI is InChI=1S/C25H27NO4/c1-5-29-24-13-7-19(25(27)26-23-12-6-17(2)14-18(23)3)15-20(24)16-30-22-10-8-21(28-4)9-11-22/h6-15H,5,16H2,1-4H3,(H,26,27). The zero-order valence-corrected chi connectivity index (χ0v) is 17.8. The van der Waals surface area contributed by atoms with Crippen molar-refractivity contribution in [3.05, 3.63) is 82.9 Å². The molecular formula is C25H27NO4. The van der Waals surface area contributed by atoms with E-state index >= 15 is 0 Å². The smallest absolute Gasteiger partial charge is 0.255 e. The van der Waals surface area contributed by atoms with Crippen LogP contribution in [-0.4, -0.2) is 19.6 Å². The normalized spacial score (nSPS) is 10.4. The first kappa shape index (κ1) is 21.2. The number of nitrogens with one attached hydrogen (secondary N) is 1. The molecule has 3 aromatic rings. The highest BCUT2D eigenvalue weighted by Crippen LogP contribution is 2.25. The molecule has 0 spiro atoms. The molecular weight excluding hydrogens is 378 g/mol. The lowest BCUT2D eigenvalue weighted by molar-refractivity contribution is 0.102. The molecule has 5 nitrogen and oxygen atoms in total. The molecule has 5 heteroatoms. The summed E-state index contributed by atoms with van der Waals surface area (Å²) in [6.07, 6.45) is 0. The summed E-state index contributed by atoms with van der Waals surface area (Å²) in [6, 6.07) is 18.7. The second kappa shape index (κ2) is 9.83. The maximum atomic E-state index is 12.8. The lowest BCUT2D eigenvalue weighted by atomic mass is 10.1. The minimum Gasteiger partial charge on any atom is -0.497 e. The molecule has 156 valence electrons. The van der Waals surface area contributed by atoms with Crippen LogP contribution in [0, 0.1) is 13.8 Å². The van der Waals surface area contributed by atoms with Crippen LogP contribution in [0.2, 0.25) is 0 Å². The highest BCUT2D eigenvalue weighted by molar-refractivity contribution is 6.04. The van der Waals surface area contributed by atoms with Gasteiger partial charge >= 0.3 is 0 Å². The summed E-state index contributed by atoms with van der Waals surface area (Å²) in [5.41, 5.74) is 4.34. The fraction of sp³-hybridized carbons (Fsp3) is 0.240. The number of hydrogen-bond acceptors (Lipinski definition) is 4. The summed E-state index contributed by atoms with van der Waals surface area (Å²) in [5.74, 6) is 2.01. The molecule has 3 aromatic carbocycles. The van der Waals surface area contributed by atoms with Gasteiger partial charge in [0.25, 0.3) is 5.91 Å². The number of hydrogen-bond donors (Lipinski definition) is 1. The summed E-state index contributed by atoms with van der Waals surface area (Å²) in [7, 11) is 1.62. The second-order valence-electron chi connectivity index (χ2n) is 6.99. The van der Waals surface area contributed by atoms with Crippen molar-refractivity contribution in [3.63, 3.8) is 0 Å². The van der Waals surface area contributed by atoms with Crippen LogP contribution in [0.1, 0.15) is 34.0 Å². The van der Waals surface area contributed by atoms with Gasteiger partial charge in [-0.15, -0.1) is 0 Å². The van der Waals surface area contributed by atoms with E-state index in [1.807, 2.05) is 75.4 Å². The van der Waals surface area contributed by atoms with Gasteiger partial charge in [0.1, 0.15) is 23.9 Å². The number of aryl methyl sites for hydroxylation is 2. The molecule has 3 rings (SSSR count). The van der Waals surface area contributed by atoms with Crippen LogP contribution in [0.4, 0.5) is 5.69 Å². The van der Waals surface area contributed by atoms with E-state index < -0.39 is 0 Å². The summed E-state index contributed by atoms with van der Waals surface area (Å²) >= 11 is 0. The van der Waals surface area contributed by atoms with E-state index in [0.29, 0.717) is 23.7 Å². The molecule has 0 saturated carbocycles. The van der Waals surface area contributed by atoms with E-state index in [1.54, 1.807) is 13.2 Å². The van der Waals surface area contributed by atoms with Crippen LogP contribution in [0.25, 0.3) is 0 Å². The fourth-order valence-corrected chi connectivity index (χ4v) is 3.11. The molecule has 30 heavy (non-hydrogen) atoms. The number of methoxy groups -OCH3 is 1. The maximum absolute atomic E-state index is 12.8. The Balaban J connectivity index is 1.77. The van der Waals surface area contributed by atoms with Gasteiger partial charge in [-0.1, -0.05) is 17.7 Å². The molecule has 0 saturated heterocycles. The minimum absolute atomic E-state index is 0.171. The first-order valence-electron chi connectivity index (χ1n) is 9.91. The second-order valence-corrected chi connectivity index (χ2v) is 6.99. The Morgan fingerprint density at radius 1 is 0.900 bits per heavy atom. The monoisotopic (exact) mass is 405 g/mol. The SMILES string of the molecule is CCOc1ccc(C(=O)Nc2ccc(C)cc2C)cc1COc1ccc(OC)cc1. The van der Waals surface area contributed by atoms with Gasteiger partial charge in [-0.05, 0) is 74.9 Å². The molecule has 0 aliphatic carbocycles. The van der Waals surface area contributed by atoms with Crippen LogP contribution >= 0.6 is 0 Å². The van der Waals surface area contributed by atoms with Gasteiger partial charge in [0.15, 0.2) is 0 Å². The average Bonchev–Trinajstić information content (AvgIpc) is 2.75. The van der Waals surface area contributed by atoms with Crippen molar-refractivity contribution in [1.29, 1.82) is 0 Å². The predicted molar refractivity (Wildman–Crippen MR) is 119 cm³/mol. The fourth-order valence-electron chi connectivity index (χ4n) is 3.11. The third kappa shape index (κ3) is 5.32. The van der Waals surface area contributed by atoms with E-state index in [9.17, 15) is 4.79 Å². The molecule has 0 aromatic heterocycles. The molecule has 0 aliphatic rings. The summed E-state index contributed by atoms with van der Waals surface area (Å²) in [6.45, 7) is 6.75. The van der Waals surface area contributed by atoms with Gasteiger partial charge < -0.3 is 19.5 Å². The maximum Gasteiger partial charge on any atom is 0.255 e. The Labute approximate surface area is 177 Å². The molecule has 1 N–H and O–H groups in total. The van der Waals surface area contributed by atoms with Gasteiger partial charge in [0.2, 0.25) is 0 Å². The molecule has 1 amide bonds. The zero-order valence-electron chi connectivity index (χ0n) is 17.8. The number of ether oxygens (including phenoxy) is 3. The third-order valence-electron chi connectivity index (χ3n) is 4.71. The van der Waals surface area contributed by atoms with Crippen molar-refractivity contribution in [2.75, 3.05) is 19.0 Å². The number of carbonyl (C=O) groups excluding carboxylic acids is 1. The first-order valence-corrected chi connectivity index (χ1v) is 9.91. The molecule has 0 unspecified atom stereocenters. The highest BCUT2D eigenvalue weighted by Gasteiger charge is 2.13. The predicted octanol–water partition coefficient (Wildman–Crippen LogP) is 5.54. The zero-order chi connectivity index (χ0) is 21.5. The molecule has 0 heterocycles. The van der Waals surface area contributed by atoms with Crippen LogP contribution in [0.3, 0.4) is 0 Å². The van der Waals surface area contributed by atoms with Gasteiger partial charge in [-0.25, -0.2) is 0 Å². The average molecular weight is 405 g/mol. The van der Waals surface area contributed by atoms with E-state index in [0.717, 1.165) is 28.1 Å². The van der Waals surface area contributed by atoms with Crippen molar-refractivity contribution >= 4 is 11.6 Å². The number of amides is 1. The Bertz CT molecular complexity index is 1010. The van der Waals surface area contributed by atoms with E-state index in [-0.39, 0.29) is 12.5 Å². The Kier molecular flexibility index (Phi) is 6.96. The Morgan fingerprint density at radius 2 is 1.63 bits per heavy atom. The number of benzene rings is 3. The molecule has 0 aliphatic heterocycles. The molecule has 0 radical (unpaired) electrons. The van der Waals surface area contributed by atoms with Crippen LogP contribution in [0.15, 0.2) is 60.7 Å². The van der Waals surface area contributed by atoms with E-state index in [1.165, 1.54) is 0 Å². The molecule has 0 atom stereocenters. The minimum atomic E-state index is -0.171. The van der Waals surface area contributed by atoms with Crippen molar-refractivity contribution in [3.8, 4) is 17.2 Å². The van der Waals surface area contributed by atoms with Crippen molar-refractivity contribution < 1.29 is 19.0 Å². The van der Waals surface area contributed by atoms with Gasteiger partial charge in [-0.3, -0.25) is 4.79 Å². The van der Waals surface area contributed by atoms with Gasteiger partial charge in [0, 0.05) is 16.8 Å². The third-order valence-corrected chi connectivity index (χ3v) is 4.71. The summed E-state index contributed by atoms with van der Waals surface area (Å²) in [4.78, 5) is 12.8. The molecule has 0 bridgehead atoms. The number of rotatable bonds is 8. The number of anilines is 1. The van der Waals surface area contributed by atoms with E-state index in [2.05, 4.69) is 5.32 Å². The van der Waals surface area contributed by atoms with Crippen LogP contribution in [-0.2, 0) is 6.61 Å². The number of carbonyl (C=O) groups is 1. The topological polar surface area (TPSA) is 56.8 Å². The summed E-state index contributed by atoms with van der Waals surface area (Å²) < 4.78 is 16.8. The largest absolute Gasteiger partial charge is 0.497 e. The van der Waals surface area contributed by atoms with Crippen LogP contribution in [0.5, 0.6) is 17.2 Å². The van der Waals surface area contributed by atoms with Gasteiger partial charge in [0.05, 0.1) is 13.7 Å². The summed E-state index contributed by atoms with van der Waals surface area (Å²) in [5, 5.41) is 2.98. The first-order chi connectivity index (χ1) is 14.5. The van der Waals surface area contributed by atoms with E-state index in [4.69, 9.17) is 14.2 Å². The lowest BCUT2D eigenvalue weighted by Crippen LogP contribution is -2.14. The Hall–Kier alpha value is -3.47.